The number of nitrogens with zero attached hydrogens (tertiary/aromatic N) is 2. The molecule has 0 spiro atoms. The van der Waals surface area contributed by atoms with Crippen LogP contribution in [0.25, 0.3) is 0 Å². The average molecular weight is 283 g/mol. The summed E-state index contributed by atoms with van der Waals surface area (Å²) >= 11 is 0. The number of anilines is 1. The van der Waals surface area contributed by atoms with E-state index in [9.17, 15) is 18.5 Å². The van der Waals surface area contributed by atoms with Crippen molar-refractivity contribution in [2.24, 2.45) is 0 Å². The molecule has 0 unspecified atom stereocenters. The van der Waals surface area contributed by atoms with E-state index in [-0.39, 0.29) is 17.0 Å². The van der Waals surface area contributed by atoms with Crippen molar-refractivity contribution in [2.75, 3.05) is 23.9 Å². The van der Waals surface area contributed by atoms with Gasteiger partial charge in [-0.2, -0.15) is 5.26 Å². The summed E-state index contributed by atoms with van der Waals surface area (Å²) in [6, 6.07) is 5.86. The predicted molar refractivity (Wildman–Crippen MR) is 70.6 cm³/mol. The van der Waals surface area contributed by atoms with Gasteiger partial charge in [0.2, 0.25) is 0 Å². The Labute approximate surface area is 110 Å². The van der Waals surface area contributed by atoms with E-state index in [0.29, 0.717) is 18.7 Å². The summed E-state index contributed by atoms with van der Waals surface area (Å²) in [6.45, 7) is 0.412. The molecule has 1 aromatic rings. The van der Waals surface area contributed by atoms with Gasteiger partial charge in [0, 0.05) is 24.6 Å². The van der Waals surface area contributed by atoms with E-state index in [1.807, 2.05) is 0 Å². The Kier molecular flexibility index (Phi) is 4.83. The van der Waals surface area contributed by atoms with Crippen LogP contribution in [0.5, 0.6) is 0 Å². The van der Waals surface area contributed by atoms with E-state index in [0.717, 1.165) is 6.26 Å². The van der Waals surface area contributed by atoms with E-state index in [2.05, 4.69) is 5.32 Å². The molecule has 0 saturated heterocycles. The van der Waals surface area contributed by atoms with Gasteiger partial charge in [0.1, 0.15) is 21.5 Å². The van der Waals surface area contributed by atoms with Crippen molar-refractivity contribution in [1.29, 1.82) is 5.26 Å². The van der Waals surface area contributed by atoms with Crippen molar-refractivity contribution in [1.82, 2.24) is 0 Å². The maximum absolute atomic E-state index is 10.9. The first-order valence-corrected chi connectivity index (χ1v) is 7.49. The first kappa shape index (κ1) is 14.9. The zero-order valence-electron chi connectivity index (χ0n) is 10.3. The molecule has 0 radical (unpaired) electrons. The molecule has 8 heteroatoms. The number of rotatable bonds is 6. The van der Waals surface area contributed by atoms with E-state index in [1.165, 1.54) is 18.2 Å². The fourth-order valence-electron chi connectivity index (χ4n) is 1.46. The molecule has 1 aromatic carbocycles. The minimum atomic E-state index is -2.99. The van der Waals surface area contributed by atoms with Crippen molar-refractivity contribution in [3.8, 4) is 6.07 Å². The summed E-state index contributed by atoms with van der Waals surface area (Å²) in [4.78, 5) is 10.0. The summed E-state index contributed by atoms with van der Waals surface area (Å²) < 4.78 is 21.8. The lowest BCUT2D eigenvalue weighted by atomic mass is 10.1. The highest BCUT2D eigenvalue weighted by Gasteiger charge is 2.13. The molecule has 0 heterocycles. The molecule has 0 aliphatic rings. The Hall–Kier alpha value is -2.14. The topological polar surface area (TPSA) is 113 Å². The van der Waals surface area contributed by atoms with Gasteiger partial charge in [0.05, 0.1) is 10.7 Å². The number of benzene rings is 1. The Morgan fingerprint density at radius 3 is 2.68 bits per heavy atom. The van der Waals surface area contributed by atoms with Crippen molar-refractivity contribution in [2.45, 2.75) is 6.42 Å². The van der Waals surface area contributed by atoms with Crippen LogP contribution in [-0.4, -0.2) is 31.9 Å². The summed E-state index contributed by atoms with van der Waals surface area (Å²) in [5.74, 6) is 0.0675. The summed E-state index contributed by atoms with van der Waals surface area (Å²) in [5, 5.41) is 22.4. The number of nitrogens with one attached hydrogen (secondary N) is 1. The molecular weight excluding hydrogens is 270 g/mol. The normalized spacial score (nSPS) is 10.7. The molecule has 0 fully saturated rings. The van der Waals surface area contributed by atoms with Gasteiger partial charge in [-0.3, -0.25) is 10.1 Å². The Balaban J connectivity index is 2.66. The third-order valence-corrected chi connectivity index (χ3v) is 3.36. The van der Waals surface area contributed by atoms with Gasteiger partial charge in [0.25, 0.3) is 5.69 Å². The average Bonchev–Trinajstić information content (AvgIpc) is 2.33. The number of sulfone groups is 1. The lowest BCUT2D eigenvalue weighted by molar-refractivity contribution is -0.385. The highest BCUT2D eigenvalue weighted by Crippen LogP contribution is 2.21. The van der Waals surface area contributed by atoms with Crippen LogP contribution in [0.3, 0.4) is 0 Å². The van der Waals surface area contributed by atoms with Gasteiger partial charge >= 0.3 is 0 Å². The molecular formula is C11H13N3O4S. The Morgan fingerprint density at radius 1 is 1.47 bits per heavy atom. The van der Waals surface area contributed by atoms with Crippen molar-refractivity contribution in [3.05, 3.63) is 33.9 Å². The molecule has 0 aliphatic heterocycles. The monoisotopic (exact) mass is 283 g/mol. The summed E-state index contributed by atoms with van der Waals surface area (Å²) in [5.41, 5.74) is 0.276. The fraction of sp³-hybridized carbons (Fsp3) is 0.364. The smallest absolute Gasteiger partial charge is 0.287 e. The molecule has 1 rings (SSSR count). The van der Waals surface area contributed by atoms with Gasteiger partial charge in [-0.25, -0.2) is 8.42 Å². The molecule has 0 atom stereocenters. The molecule has 0 aliphatic carbocycles. The van der Waals surface area contributed by atoms with E-state index >= 15 is 0 Å². The minimum absolute atomic E-state index is 0.0295. The molecule has 0 saturated carbocycles. The SMILES string of the molecule is CS(=O)(=O)CCCNc1ccc([N+](=O)[O-])c(C#N)c1. The second-order valence-electron chi connectivity index (χ2n) is 4.01. The van der Waals surface area contributed by atoms with E-state index in [1.54, 1.807) is 6.07 Å². The number of nitro benzene ring substituents is 1. The highest BCUT2D eigenvalue weighted by molar-refractivity contribution is 7.90. The first-order chi connectivity index (χ1) is 8.83. The van der Waals surface area contributed by atoms with E-state index in [4.69, 9.17) is 5.26 Å². The second-order valence-corrected chi connectivity index (χ2v) is 6.27. The standard InChI is InChI=1S/C11H13N3O4S/c1-19(17,18)6-2-5-13-10-3-4-11(14(15)16)9(7-10)8-12/h3-4,7,13H,2,5-6H2,1H3. The van der Waals surface area contributed by atoms with Gasteiger partial charge in [-0.1, -0.05) is 0 Å². The zero-order chi connectivity index (χ0) is 14.5. The number of nitriles is 1. The Bertz CT molecular complexity index is 619. The van der Waals surface area contributed by atoms with Crippen molar-refractivity contribution < 1.29 is 13.3 Å². The lowest BCUT2D eigenvalue weighted by Crippen LogP contribution is -2.09. The minimum Gasteiger partial charge on any atom is -0.385 e. The van der Waals surface area contributed by atoms with E-state index < -0.39 is 14.8 Å². The van der Waals surface area contributed by atoms with Crippen LogP contribution in [0.4, 0.5) is 11.4 Å². The first-order valence-electron chi connectivity index (χ1n) is 5.43. The summed E-state index contributed by atoms with van der Waals surface area (Å²) in [7, 11) is -2.99. The molecule has 19 heavy (non-hydrogen) atoms. The second kappa shape index (κ2) is 6.15. The molecule has 0 aromatic heterocycles. The van der Waals surface area contributed by atoms with Crippen LogP contribution in [0.2, 0.25) is 0 Å². The van der Waals surface area contributed by atoms with Crippen LogP contribution in [0, 0.1) is 21.4 Å². The molecule has 0 amide bonds. The number of nitro groups is 1. The molecule has 1 N–H and O–H groups in total. The largest absolute Gasteiger partial charge is 0.385 e. The quantitative estimate of drug-likeness (QED) is 0.478. The van der Waals surface area contributed by atoms with Crippen LogP contribution < -0.4 is 5.32 Å². The molecule has 102 valence electrons. The van der Waals surface area contributed by atoms with Gasteiger partial charge in [0.15, 0.2) is 0 Å². The third kappa shape index (κ3) is 4.93. The molecule has 7 nitrogen and oxygen atoms in total. The highest BCUT2D eigenvalue weighted by atomic mass is 32.2. The number of hydrogen-bond donors (Lipinski definition) is 1. The zero-order valence-corrected chi connectivity index (χ0v) is 11.1. The lowest BCUT2D eigenvalue weighted by Gasteiger charge is -2.06. The summed E-state index contributed by atoms with van der Waals surface area (Å²) in [6.07, 6.45) is 1.59. The van der Waals surface area contributed by atoms with Crippen molar-refractivity contribution in [3.63, 3.8) is 0 Å². The maximum Gasteiger partial charge on any atom is 0.287 e. The predicted octanol–water partition coefficient (Wildman–Crippen LogP) is 1.31. The van der Waals surface area contributed by atoms with Crippen LogP contribution in [-0.2, 0) is 9.84 Å². The van der Waals surface area contributed by atoms with Crippen LogP contribution in [0.15, 0.2) is 18.2 Å². The van der Waals surface area contributed by atoms with Gasteiger partial charge in [-0.05, 0) is 18.6 Å². The van der Waals surface area contributed by atoms with Gasteiger partial charge in [-0.15, -0.1) is 0 Å². The maximum atomic E-state index is 10.9. The fourth-order valence-corrected chi connectivity index (χ4v) is 2.13. The number of hydrogen-bond acceptors (Lipinski definition) is 6. The van der Waals surface area contributed by atoms with Crippen LogP contribution in [0.1, 0.15) is 12.0 Å². The molecule has 0 bridgehead atoms. The Morgan fingerprint density at radius 2 is 2.16 bits per heavy atom. The van der Waals surface area contributed by atoms with Crippen molar-refractivity contribution >= 4 is 21.2 Å². The van der Waals surface area contributed by atoms with Crippen LogP contribution >= 0.6 is 0 Å². The van der Waals surface area contributed by atoms with Gasteiger partial charge < -0.3 is 5.32 Å². The third-order valence-electron chi connectivity index (χ3n) is 2.33.